The van der Waals surface area contributed by atoms with E-state index >= 15 is 0 Å². The molecule has 3 nitrogen and oxygen atoms in total. The van der Waals surface area contributed by atoms with Crippen molar-refractivity contribution in [3.63, 3.8) is 0 Å². The summed E-state index contributed by atoms with van der Waals surface area (Å²) in [6, 6.07) is 8.57. The fourth-order valence-corrected chi connectivity index (χ4v) is 2.76. The number of nitrogens with zero attached hydrogens (tertiary/aromatic N) is 1. The van der Waals surface area contributed by atoms with Gasteiger partial charge in [0.25, 0.3) is 0 Å². The molecule has 2 aromatic rings. The quantitative estimate of drug-likeness (QED) is 0.859. The van der Waals surface area contributed by atoms with Crippen molar-refractivity contribution in [2.24, 2.45) is 11.7 Å². The number of ether oxygens (including phenoxy) is 1. The van der Waals surface area contributed by atoms with Crippen LogP contribution in [0.25, 0.3) is 10.9 Å². The summed E-state index contributed by atoms with van der Waals surface area (Å²) in [6.45, 7) is 1.87. The third-order valence-corrected chi connectivity index (χ3v) is 3.79. The van der Waals surface area contributed by atoms with Crippen LogP contribution in [0, 0.1) is 5.92 Å². The summed E-state index contributed by atoms with van der Waals surface area (Å²) in [4.78, 5) is 0. The molecule has 3 rings (SSSR count). The highest BCUT2D eigenvalue weighted by Crippen LogP contribution is 2.29. The minimum atomic E-state index is 0.647. The Morgan fingerprint density at radius 3 is 3.06 bits per heavy atom. The van der Waals surface area contributed by atoms with Gasteiger partial charge in [-0.05, 0) is 43.5 Å². The van der Waals surface area contributed by atoms with Crippen LogP contribution in [0.2, 0.25) is 0 Å². The molecule has 0 radical (unpaired) electrons. The summed E-state index contributed by atoms with van der Waals surface area (Å²) < 4.78 is 7.70. The van der Waals surface area contributed by atoms with Crippen LogP contribution in [0.5, 0.6) is 5.75 Å². The van der Waals surface area contributed by atoms with E-state index in [0.717, 1.165) is 25.3 Å². The Kier molecular flexibility index (Phi) is 2.56. The smallest absolute Gasteiger partial charge is 0.120 e. The average molecular weight is 230 g/mol. The number of aromatic nitrogens is 1. The van der Waals surface area contributed by atoms with Crippen LogP contribution in [-0.2, 0) is 13.0 Å². The SMILES string of the molecule is COc1ccc2cc3n(c2c1)CCC(CN)C3. The summed E-state index contributed by atoms with van der Waals surface area (Å²) in [7, 11) is 1.71. The predicted molar refractivity (Wildman–Crippen MR) is 69.4 cm³/mol. The second kappa shape index (κ2) is 4.08. The number of methoxy groups -OCH3 is 1. The predicted octanol–water partition coefficient (Wildman–Crippen LogP) is 2.17. The summed E-state index contributed by atoms with van der Waals surface area (Å²) in [5, 5.41) is 1.30. The molecule has 1 unspecified atom stereocenters. The lowest BCUT2D eigenvalue weighted by molar-refractivity contribution is 0.400. The third-order valence-electron chi connectivity index (χ3n) is 3.79. The van der Waals surface area contributed by atoms with Crippen LogP contribution in [-0.4, -0.2) is 18.2 Å². The lowest BCUT2D eigenvalue weighted by Crippen LogP contribution is -2.24. The molecule has 1 atom stereocenters. The van der Waals surface area contributed by atoms with Gasteiger partial charge in [0.2, 0.25) is 0 Å². The van der Waals surface area contributed by atoms with Crippen LogP contribution in [0.15, 0.2) is 24.3 Å². The molecular formula is C14H18N2O. The zero-order valence-corrected chi connectivity index (χ0v) is 10.1. The molecule has 0 fully saturated rings. The third kappa shape index (κ3) is 1.71. The van der Waals surface area contributed by atoms with Crippen molar-refractivity contribution in [1.82, 2.24) is 4.57 Å². The Hall–Kier alpha value is -1.48. The maximum atomic E-state index is 5.77. The van der Waals surface area contributed by atoms with Crippen LogP contribution in [0.3, 0.4) is 0 Å². The molecule has 1 aliphatic heterocycles. The molecule has 1 aliphatic rings. The standard InChI is InChI=1S/C14H18N2O/c1-17-13-3-2-11-7-12-6-10(9-15)4-5-16(12)14(11)8-13/h2-3,7-8,10H,4-6,9,15H2,1H3. The van der Waals surface area contributed by atoms with Crippen LogP contribution >= 0.6 is 0 Å². The van der Waals surface area contributed by atoms with Crippen LogP contribution < -0.4 is 10.5 Å². The number of fused-ring (bicyclic) bond motifs is 3. The Morgan fingerprint density at radius 1 is 1.41 bits per heavy atom. The van der Waals surface area contributed by atoms with Gasteiger partial charge in [-0.25, -0.2) is 0 Å². The molecule has 0 saturated heterocycles. The summed E-state index contributed by atoms with van der Waals surface area (Å²) in [5.41, 5.74) is 8.47. The Bertz CT molecular complexity index is 544. The molecule has 90 valence electrons. The molecule has 2 heterocycles. The van der Waals surface area contributed by atoms with Crippen LogP contribution in [0.1, 0.15) is 12.1 Å². The molecule has 1 aromatic heterocycles. The van der Waals surface area contributed by atoms with E-state index in [0.29, 0.717) is 5.92 Å². The van der Waals surface area contributed by atoms with Gasteiger partial charge in [-0.3, -0.25) is 0 Å². The van der Waals surface area contributed by atoms with Crippen LogP contribution in [0.4, 0.5) is 0 Å². The van der Waals surface area contributed by atoms with E-state index in [-0.39, 0.29) is 0 Å². The van der Waals surface area contributed by atoms with E-state index in [1.807, 2.05) is 6.07 Å². The van der Waals surface area contributed by atoms with Gasteiger partial charge >= 0.3 is 0 Å². The van der Waals surface area contributed by atoms with Crippen molar-refractivity contribution in [2.45, 2.75) is 19.4 Å². The van der Waals surface area contributed by atoms with Gasteiger partial charge in [-0.2, -0.15) is 0 Å². The normalized spacial score (nSPS) is 19.3. The maximum absolute atomic E-state index is 5.77. The summed E-state index contributed by atoms with van der Waals surface area (Å²) >= 11 is 0. The van der Waals surface area contributed by atoms with Crippen molar-refractivity contribution in [3.05, 3.63) is 30.0 Å². The maximum Gasteiger partial charge on any atom is 0.120 e. The molecule has 3 heteroatoms. The van der Waals surface area contributed by atoms with Gasteiger partial charge in [-0.15, -0.1) is 0 Å². The fraction of sp³-hybridized carbons (Fsp3) is 0.429. The number of hydrogen-bond donors (Lipinski definition) is 1. The monoisotopic (exact) mass is 230 g/mol. The number of hydrogen-bond acceptors (Lipinski definition) is 2. The lowest BCUT2D eigenvalue weighted by atomic mass is 9.96. The Labute approximate surface area is 101 Å². The number of rotatable bonds is 2. The molecule has 1 aromatic carbocycles. The minimum absolute atomic E-state index is 0.647. The Morgan fingerprint density at radius 2 is 2.29 bits per heavy atom. The largest absolute Gasteiger partial charge is 0.497 e. The van der Waals surface area contributed by atoms with Crippen molar-refractivity contribution >= 4 is 10.9 Å². The fourth-order valence-electron chi connectivity index (χ4n) is 2.76. The Balaban J connectivity index is 2.09. The van der Waals surface area contributed by atoms with E-state index in [4.69, 9.17) is 10.5 Å². The second-order valence-electron chi connectivity index (χ2n) is 4.81. The highest BCUT2D eigenvalue weighted by molar-refractivity contribution is 5.83. The van der Waals surface area contributed by atoms with Gasteiger partial charge in [0.1, 0.15) is 5.75 Å². The van der Waals surface area contributed by atoms with Gasteiger partial charge in [-0.1, -0.05) is 0 Å². The first-order valence-corrected chi connectivity index (χ1v) is 6.18. The minimum Gasteiger partial charge on any atom is -0.497 e. The summed E-state index contributed by atoms with van der Waals surface area (Å²) in [5.74, 6) is 1.58. The molecular weight excluding hydrogens is 212 g/mol. The van der Waals surface area contributed by atoms with Crippen molar-refractivity contribution in [3.8, 4) is 5.75 Å². The summed E-state index contributed by atoms with van der Waals surface area (Å²) in [6.07, 6.45) is 2.29. The van der Waals surface area contributed by atoms with Gasteiger partial charge in [0, 0.05) is 23.7 Å². The van der Waals surface area contributed by atoms with Gasteiger partial charge in [0.05, 0.1) is 12.6 Å². The first kappa shape index (κ1) is 10.7. The number of benzene rings is 1. The molecule has 0 bridgehead atoms. The number of nitrogens with two attached hydrogens (primary N) is 1. The number of aryl methyl sites for hydroxylation is 1. The average Bonchev–Trinajstić information content (AvgIpc) is 2.74. The van der Waals surface area contributed by atoms with E-state index in [2.05, 4.69) is 22.8 Å². The van der Waals surface area contributed by atoms with E-state index in [1.165, 1.54) is 23.0 Å². The topological polar surface area (TPSA) is 40.2 Å². The second-order valence-corrected chi connectivity index (χ2v) is 4.81. The molecule has 2 N–H and O–H groups in total. The zero-order valence-electron chi connectivity index (χ0n) is 10.1. The molecule has 0 aliphatic carbocycles. The molecule has 0 amide bonds. The highest BCUT2D eigenvalue weighted by Gasteiger charge is 2.19. The zero-order chi connectivity index (χ0) is 11.8. The van der Waals surface area contributed by atoms with E-state index in [1.54, 1.807) is 7.11 Å². The van der Waals surface area contributed by atoms with Crippen molar-refractivity contribution in [2.75, 3.05) is 13.7 Å². The first-order valence-electron chi connectivity index (χ1n) is 6.18. The van der Waals surface area contributed by atoms with E-state index < -0.39 is 0 Å². The van der Waals surface area contributed by atoms with Crippen molar-refractivity contribution in [1.29, 1.82) is 0 Å². The van der Waals surface area contributed by atoms with Gasteiger partial charge in [0.15, 0.2) is 0 Å². The highest BCUT2D eigenvalue weighted by atomic mass is 16.5. The molecule has 0 spiro atoms. The van der Waals surface area contributed by atoms with E-state index in [9.17, 15) is 0 Å². The van der Waals surface area contributed by atoms with Crippen molar-refractivity contribution < 1.29 is 4.74 Å². The van der Waals surface area contributed by atoms with Gasteiger partial charge < -0.3 is 15.0 Å². The first-order chi connectivity index (χ1) is 8.31. The lowest BCUT2D eigenvalue weighted by Gasteiger charge is -2.23. The molecule has 17 heavy (non-hydrogen) atoms. The molecule has 0 saturated carbocycles.